The first kappa shape index (κ1) is 11.8. The molecule has 2 aliphatic heterocycles. The summed E-state index contributed by atoms with van der Waals surface area (Å²) in [6.45, 7) is 5.44. The van der Waals surface area contributed by atoms with Gasteiger partial charge in [0.05, 0.1) is 0 Å². The molecule has 1 saturated heterocycles. The molecule has 0 saturated carbocycles. The van der Waals surface area contributed by atoms with Crippen molar-refractivity contribution in [3.05, 3.63) is 24.4 Å². The first-order valence-corrected chi connectivity index (χ1v) is 6.98. The fraction of sp³-hybridized carbons (Fsp3) is 0.400. The van der Waals surface area contributed by atoms with Gasteiger partial charge < -0.3 is 19.7 Å². The van der Waals surface area contributed by atoms with Gasteiger partial charge in [-0.2, -0.15) is 0 Å². The number of nitrogens with one attached hydrogen (secondary N) is 1. The van der Waals surface area contributed by atoms with Gasteiger partial charge in [0.1, 0.15) is 5.82 Å². The van der Waals surface area contributed by atoms with Crippen molar-refractivity contribution in [3.8, 4) is 11.5 Å². The van der Waals surface area contributed by atoms with E-state index in [9.17, 15) is 0 Å². The van der Waals surface area contributed by atoms with E-state index in [1.54, 1.807) is 0 Å². The van der Waals surface area contributed by atoms with Crippen LogP contribution in [-0.2, 0) is 0 Å². The number of ether oxygens (including phenoxy) is 2. The van der Waals surface area contributed by atoms with Crippen LogP contribution in [-0.4, -0.2) is 37.5 Å². The molecule has 1 unspecified atom stereocenters. The highest BCUT2D eigenvalue weighted by atomic mass is 16.7. The summed E-state index contributed by atoms with van der Waals surface area (Å²) in [7, 11) is 0. The van der Waals surface area contributed by atoms with Crippen molar-refractivity contribution in [1.29, 1.82) is 0 Å². The number of piperazine rings is 1. The Morgan fingerprint density at radius 2 is 2.15 bits per heavy atom. The molecule has 0 radical (unpaired) electrons. The minimum Gasteiger partial charge on any atom is -0.454 e. The maximum absolute atomic E-state index is 5.49. The number of fused-ring (bicyclic) bond motifs is 2. The molecular formula is C15H17N3O2. The van der Waals surface area contributed by atoms with E-state index in [-0.39, 0.29) is 0 Å². The zero-order valence-electron chi connectivity index (χ0n) is 11.4. The lowest BCUT2D eigenvalue weighted by Crippen LogP contribution is -2.49. The molecule has 4 rings (SSSR count). The number of aromatic nitrogens is 1. The summed E-state index contributed by atoms with van der Waals surface area (Å²) in [5, 5.41) is 5.73. The number of hydrogen-bond donors (Lipinski definition) is 1. The molecule has 104 valence electrons. The maximum atomic E-state index is 5.49. The first-order valence-electron chi connectivity index (χ1n) is 6.98. The van der Waals surface area contributed by atoms with Gasteiger partial charge in [0, 0.05) is 37.3 Å². The molecule has 20 heavy (non-hydrogen) atoms. The van der Waals surface area contributed by atoms with Gasteiger partial charge in [0.2, 0.25) is 6.79 Å². The molecule has 0 bridgehead atoms. The third kappa shape index (κ3) is 1.86. The number of pyridine rings is 1. The molecule has 3 heterocycles. The molecule has 0 amide bonds. The van der Waals surface area contributed by atoms with Crippen molar-refractivity contribution in [2.75, 3.05) is 31.3 Å². The lowest BCUT2D eigenvalue weighted by atomic mass is 10.1. The molecule has 0 spiro atoms. The Hall–Kier alpha value is -2.01. The third-order valence-electron chi connectivity index (χ3n) is 3.90. The van der Waals surface area contributed by atoms with Crippen molar-refractivity contribution in [2.45, 2.75) is 13.0 Å². The Balaban J connectivity index is 1.82. The highest BCUT2D eigenvalue weighted by Gasteiger charge is 2.21. The van der Waals surface area contributed by atoms with Crippen molar-refractivity contribution in [3.63, 3.8) is 0 Å². The molecule has 1 N–H and O–H groups in total. The number of anilines is 1. The van der Waals surface area contributed by atoms with Gasteiger partial charge in [-0.15, -0.1) is 0 Å². The highest BCUT2D eigenvalue weighted by Crippen LogP contribution is 2.38. The van der Waals surface area contributed by atoms with Gasteiger partial charge in [-0.3, -0.25) is 0 Å². The zero-order valence-corrected chi connectivity index (χ0v) is 11.4. The second-order valence-corrected chi connectivity index (χ2v) is 5.36. The van der Waals surface area contributed by atoms with Gasteiger partial charge >= 0.3 is 0 Å². The largest absolute Gasteiger partial charge is 0.454 e. The summed E-state index contributed by atoms with van der Waals surface area (Å²) >= 11 is 0. The van der Waals surface area contributed by atoms with E-state index in [1.807, 2.05) is 24.4 Å². The van der Waals surface area contributed by atoms with Gasteiger partial charge in [-0.05, 0) is 30.5 Å². The Labute approximate surface area is 117 Å². The quantitative estimate of drug-likeness (QED) is 0.856. The van der Waals surface area contributed by atoms with Crippen LogP contribution < -0.4 is 19.7 Å². The predicted octanol–water partition coefficient (Wildman–Crippen LogP) is 1.76. The average molecular weight is 271 g/mol. The molecule has 2 aliphatic rings. The second kappa shape index (κ2) is 4.52. The minimum absolute atomic E-state index is 0.305. The molecule has 0 aliphatic carbocycles. The summed E-state index contributed by atoms with van der Waals surface area (Å²) in [6.07, 6.45) is 1.87. The fourth-order valence-electron chi connectivity index (χ4n) is 2.92. The highest BCUT2D eigenvalue weighted by molar-refractivity contribution is 5.94. The van der Waals surface area contributed by atoms with Crippen LogP contribution in [0.3, 0.4) is 0 Å². The Kier molecular flexibility index (Phi) is 2.67. The van der Waals surface area contributed by atoms with Crippen LogP contribution in [0.25, 0.3) is 10.8 Å². The minimum atomic E-state index is 0.305. The van der Waals surface area contributed by atoms with Gasteiger partial charge in [0.15, 0.2) is 11.5 Å². The van der Waals surface area contributed by atoms with Crippen LogP contribution in [0.5, 0.6) is 11.5 Å². The fourth-order valence-corrected chi connectivity index (χ4v) is 2.92. The summed E-state index contributed by atoms with van der Waals surface area (Å²) < 4.78 is 10.9. The van der Waals surface area contributed by atoms with E-state index < -0.39 is 0 Å². The van der Waals surface area contributed by atoms with Gasteiger partial charge in [0.25, 0.3) is 0 Å². The monoisotopic (exact) mass is 271 g/mol. The summed E-state index contributed by atoms with van der Waals surface area (Å²) in [4.78, 5) is 6.93. The van der Waals surface area contributed by atoms with Crippen LogP contribution in [0.4, 0.5) is 5.82 Å². The number of benzene rings is 1. The van der Waals surface area contributed by atoms with Crippen LogP contribution in [0.2, 0.25) is 0 Å². The van der Waals surface area contributed by atoms with Crippen molar-refractivity contribution < 1.29 is 9.47 Å². The third-order valence-corrected chi connectivity index (χ3v) is 3.90. The van der Waals surface area contributed by atoms with Crippen LogP contribution in [0.1, 0.15) is 6.92 Å². The average Bonchev–Trinajstić information content (AvgIpc) is 2.91. The molecule has 5 heteroatoms. The van der Waals surface area contributed by atoms with Crippen molar-refractivity contribution in [1.82, 2.24) is 10.3 Å². The molecule has 1 atom stereocenters. The smallest absolute Gasteiger partial charge is 0.231 e. The van der Waals surface area contributed by atoms with E-state index in [2.05, 4.69) is 22.1 Å². The standard InChI is InChI=1S/C15H17N3O2/c1-10-8-18(5-4-16-10)15-12-7-14-13(19-9-20-14)6-11(12)2-3-17-15/h2-3,6-7,10,16H,4-5,8-9H2,1H3. The predicted molar refractivity (Wildman–Crippen MR) is 77.5 cm³/mol. The lowest BCUT2D eigenvalue weighted by Gasteiger charge is -2.33. The SMILES string of the molecule is CC1CN(c2nccc3cc4c(cc23)OCO4)CCN1. The van der Waals surface area contributed by atoms with Crippen molar-refractivity contribution in [2.24, 2.45) is 0 Å². The molecule has 5 nitrogen and oxygen atoms in total. The van der Waals surface area contributed by atoms with E-state index in [0.29, 0.717) is 12.8 Å². The van der Waals surface area contributed by atoms with Crippen LogP contribution in [0, 0.1) is 0 Å². The Morgan fingerprint density at radius 1 is 1.30 bits per heavy atom. The van der Waals surface area contributed by atoms with E-state index >= 15 is 0 Å². The van der Waals surface area contributed by atoms with E-state index in [1.165, 1.54) is 0 Å². The second-order valence-electron chi connectivity index (χ2n) is 5.36. The molecule has 1 fully saturated rings. The number of nitrogens with zero attached hydrogens (tertiary/aromatic N) is 2. The molecular weight excluding hydrogens is 254 g/mol. The van der Waals surface area contributed by atoms with Crippen LogP contribution >= 0.6 is 0 Å². The number of rotatable bonds is 1. The summed E-state index contributed by atoms with van der Waals surface area (Å²) in [6, 6.07) is 6.59. The maximum Gasteiger partial charge on any atom is 0.231 e. The van der Waals surface area contributed by atoms with Gasteiger partial charge in [-0.25, -0.2) is 4.98 Å². The van der Waals surface area contributed by atoms with Crippen molar-refractivity contribution >= 4 is 16.6 Å². The normalized spacial score (nSPS) is 21.4. The van der Waals surface area contributed by atoms with E-state index in [0.717, 1.165) is 47.7 Å². The molecule has 1 aromatic carbocycles. The topological polar surface area (TPSA) is 46.6 Å². The zero-order chi connectivity index (χ0) is 13.5. The Bertz CT molecular complexity index is 659. The molecule has 1 aromatic heterocycles. The van der Waals surface area contributed by atoms with Crippen LogP contribution in [0.15, 0.2) is 24.4 Å². The summed E-state index contributed by atoms with van der Waals surface area (Å²) in [5.74, 6) is 2.67. The Morgan fingerprint density at radius 3 is 3.00 bits per heavy atom. The van der Waals surface area contributed by atoms with Gasteiger partial charge in [-0.1, -0.05) is 0 Å². The first-order chi connectivity index (χ1) is 9.81. The summed E-state index contributed by atoms with van der Waals surface area (Å²) in [5.41, 5.74) is 0. The molecule has 2 aromatic rings. The number of hydrogen-bond acceptors (Lipinski definition) is 5. The lowest BCUT2D eigenvalue weighted by molar-refractivity contribution is 0.174. The van der Waals surface area contributed by atoms with E-state index in [4.69, 9.17) is 9.47 Å².